The number of nitriles is 6. The minimum absolute atomic E-state index is 0.347. The molecule has 0 atom stereocenters. The summed E-state index contributed by atoms with van der Waals surface area (Å²) in [6.45, 7) is 30.6. The van der Waals surface area contributed by atoms with Crippen molar-refractivity contribution in [2.45, 2.75) is 0 Å². The highest BCUT2D eigenvalue weighted by atomic mass is 19.1. The number of fused-ring (bicyclic) bond motifs is 2. The number of pyridine rings is 2. The fourth-order valence-electron chi connectivity index (χ4n) is 5.56. The Kier molecular flexibility index (Phi) is 7.50. The van der Waals surface area contributed by atoms with E-state index >= 15 is 8.78 Å². The molecule has 5 rings (SSSR count). The molecule has 48 heavy (non-hydrogen) atoms. The van der Waals surface area contributed by atoms with Gasteiger partial charge in [0.2, 0.25) is 11.6 Å². The third-order valence-electron chi connectivity index (χ3n) is 7.28. The van der Waals surface area contributed by atoms with Crippen molar-refractivity contribution in [3.8, 4) is 36.4 Å². The van der Waals surface area contributed by atoms with Gasteiger partial charge in [-0.25, -0.2) is 30.0 Å². The fourth-order valence-corrected chi connectivity index (χ4v) is 5.56. The Hall–Kier alpha value is -8.76. The first kappa shape index (κ1) is 30.7. The second-order valence-corrected chi connectivity index (χ2v) is 9.33. The van der Waals surface area contributed by atoms with Gasteiger partial charge in [-0.05, 0) is 40.5 Å². The van der Waals surface area contributed by atoms with Crippen molar-refractivity contribution in [1.29, 1.82) is 31.6 Å². The minimum atomic E-state index is -1.29. The molecule has 2 aliphatic rings. The van der Waals surface area contributed by atoms with Gasteiger partial charge in [-0.1, -0.05) is 17.6 Å². The topological polar surface area (TPSA) is 186 Å². The average Bonchev–Trinajstić information content (AvgIpc) is 3.61. The zero-order valence-corrected chi connectivity index (χ0v) is 23.4. The minimum Gasteiger partial charge on any atom is -0.361 e. The summed E-state index contributed by atoms with van der Waals surface area (Å²) in [5.41, 5.74) is -8.05. The lowest BCUT2D eigenvalue weighted by atomic mass is 9.84. The lowest BCUT2D eigenvalue weighted by Crippen LogP contribution is -2.04. The van der Waals surface area contributed by atoms with Gasteiger partial charge in [0.05, 0.1) is 54.6 Å². The highest BCUT2D eigenvalue weighted by Gasteiger charge is 2.44. The predicted molar refractivity (Wildman–Crippen MR) is 159 cm³/mol. The molecular weight excluding hydrogens is 614 g/mol. The SMILES string of the molecule is [C-]#[N+]C1=C(c2ccc([N+]#[C-])nc2F)/C(=C(/C#N)[N+]#[C-])c2c(C#N)c3c(c(C#N)c21)/C(=C(/C#N)[N+]#[C-])C(c1ccc(C#N)nc1F)=C3C#N. The number of benzene rings is 1. The summed E-state index contributed by atoms with van der Waals surface area (Å²) in [5.74, 6) is -2.92. The Balaban J connectivity index is 2.11. The van der Waals surface area contributed by atoms with Crippen molar-refractivity contribution in [1.82, 2.24) is 9.97 Å². The van der Waals surface area contributed by atoms with Crippen LogP contribution in [0.15, 0.2) is 35.7 Å². The van der Waals surface area contributed by atoms with Gasteiger partial charge in [-0.15, -0.1) is 0 Å². The molecule has 214 valence electrons. The van der Waals surface area contributed by atoms with Gasteiger partial charge < -0.3 is 4.85 Å². The van der Waals surface area contributed by atoms with Crippen LogP contribution in [0.3, 0.4) is 0 Å². The molecule has 0 bridgehead atoms. The largest absolute Gasteiger partial charge is 0.361 e. The third kappa shape index (κ3) is 4.10. The molecule has 0 amide bonds. The standard InChI is InChI=1S/C34H4F2N12/c1-43-21(13-41)30-24(16-6-5-15(9-37)47-33(16)35)18(10-38)25-19(11-39)27-29(20(12-40)26(25)30)32(46-4)28(31(27)22(14-42)44-2)17-7-8-23(45-3)48-34(17)36/h5-8H/b30-21-,31-22-. The normalized spacial score (nSPS) is 14.2. The summed E-state index contributed by atoms with van der Waals surface area (Å²) in [6.07, 6.45) is 0. The maximum absolute atomic E-state index is 15.5. The molecule has 0 radical (unpaired) electrons. The van der Waals surface area contributed by atoms with Gasteiger partial charge in [0.15, 0.2) is 0 Å². The number of allylic oxidation sites excluding steroid dienone is 7. The van der Waals surface area contributed by atoms with Crippen molar-refractivity contribution in [3.63, 3.8) is 0 Å². The molecule has 3 aromatic rings. The van der Waals surface area contributed by atoms with E-state index in [1.807, 2.05) is 18.2 Å². The van der Waals surface area contributed by atoms with E-state index in [9.17, 15) is 31.6 Å². The van der Waals surface area contributed by atoms with Crippen LogP contribution in [0.25, 0.3) is 52.9 Å². The first-order chi connectivity index (χ1) is 23.2. The quantitative estimate of drug-likeness (QED) is 0.177. The van der Waals surface area contributed by atoms with Crippen LogP contribution in [0.2, 0.25) is 0 Å². The van der Waals surface area contributed by atoms with Crippen LogP contribution < -0.4 is 0 Å². The van der Waals surface area contributed by atoms with E-state index in [-0.39, 0.29) is 33.8 Å². The molecule has 0 N–H and O–H groups in total. The molecule has 0 saturated carbocycles. The first-order valence-corrected chi connectivity index (χ1v) is 12.7. The molecule has 2 heterocycles. The van der Waals surface area contributed by atoms with Gasteiger partial charge in [0, 0.05) is 33.4 Å². The van der Waals surface area contributed by atoms with Crippen molar-refractivity contribution in [2.24, 2.45) is 0 Å². The average molecular weight is 618 g/mol. The van der Waals surface area contributed by atoms with E-state index in [1.165, 1.54) is 0 Å². The van der Waals surface area contributed by atoms with Gasteiger partial charge in [-0.2, -0.15) is 29.8 Å². The molecule has 0 fully saturated rings. The smallest absolute Gasteiger partial charge is 0.308 e. The number of hydrogen-bond donors (Lipinski definition) is 0. The summed E-state index contributed by atoms with van der Waals surface area (Å²) < 4.78 is 31.0. The lowest BCUT2D eigenvalue weighted by Gasteiger charge is -2.16. The van der Waals surface area contributed by atoms with E-state index in [4.69, 9.17) is 26.3 Å². The van der Waals surface area contributed by atoms with E-state index in [1.54, 1.807) is 18.2 Å². The monoisotopic (exact) mass is 618 g/mol. The second-order valence-electron chi connectivity index (χ2n) is 9.33. The Morgan fingerprint density at radius 2 is 1.15 bits per heavy atom. The maximum Gasteiger partial charge on any atom is 0.308 e. The molecule has 2 aliphatic carbocycles. The molecule has 2 aromatic heterocycles. The third-order valence-corrected chi connectivity index (χ3v) is 7.28. The molecule has 0 saturated heterocycles. The second kappa shape index (κ2) is 11.7. The van der Waals surface area contributed by atoms with Gasteiger partial charge in [-0.3, -0.25) is 0 Å². The summed E-state index contributed by atoms with van der Waals surface area (Å²) in [6, 6.07) is 14.9. The molecule has 1 aromatic carbocycles. The molecule has 14 heteroatoms. The van der Waals surface area contributed by atoms with Crippen LogP contribution >= 0.6 is 0 Å². The van der Waals surface area contributed by atoms with E-state index < -0.39 is 79.1 Å². The molecule has 0 aliphatic heterocycles. The number of halogens is 2. The van der Waals surface area contributed by atoms with Crippen LogP contribution in [0, 0.1) is 106 Å². The molecular formula is C34H4F2N12. The van der Waals surface area contributed by atoms with Crippen LogP contribution in [-0.4, -0.2) is 9.97 Å². The zero-order valence-electron chi connectivity index (χ0n) is 23.4. The first-order valence-electron chi connectivity index (χ1n) is 12.7. The summed E-state index contributed by atoms with van der Waals surface area (Å²) in [7, 11) is 0. The Morgan fingerprint density at radius 3 is 1.62 bits per heavy atom. The Bertz CT molecular complexity index is 2470. The van der Waals surface area contributed by atoms with Crippen molar-refractivity contribution >= 4 is 39.4 Å². The van der Waals surface area contributed by atoms with Crippen molar-refractivity contribution in [3.05, 3.63) is 143 Å². The van der Waals surface area contributed by atoms with Crippen LogP contribution in [-0.2, 0) is 0 Å². The Labute approximate surface area is 269 Å². The number of aromatic nitrogens is 2. The van der Waals surface area contributed by atoms with E-state index in [0.29, 0.717) is 0 Å². The predicted octanol–water partition coefficient (Wildman–Crippen LogP) is 6.48. The van der Waals surface area contributed by atoms with Crippen molar-refractivity contribution in [2.75, 3.05) is 0 Å². The number of rotatable bonds is 2. The summed E-state index contributed by atoms with van der Waals surface area (Å²) in [5, 5.41) is 60.8. The highest BCUT2D eigenvalue weighted by Crippen LogP contribution is 2.58. The van der Waals surface area contributed by atoms with Crippen molar-refractivity contribution < 1.29 is 8.78 Å². The molecule has 0 spiro atoms. The van der Waals surface area contributed by atoms with Gasteiger partial charge >= 0.3 is 5.95 Å². The van der Waals surface area contributed by atoms with Crippen LogP contribution in [0.1, 0.15) is 50.2 Å². The van der Waals surface area contributed by atoms with Gasteiger partial charge in [0.25, 0.3) is 17.2 Å². The number of hydrogen-bond acceptors (Lipinski definition) is 8. The van der Waals surface area contributed by atoms with E-state index in [0.717, 1.165) is 24.3 Å². The Morgan fingerprint density at radius 1 is 0.604 bits per heavy atom. The summed E-state index contributed by atoms with van der Waals surface area (Å²) in [4.78, 5) is 20.1. The fraction of sp³-hybridized carbons (Fsp3) is 0. The number of nitrogens with zero attached hydrogens (tertiary/aromatic N) is 12. The van der Waals surface area contributed by atoms with Crippen LogP contribution in [0.4, 0.5) is 14.6 Å². The summed E-state index contributed by atoms with van der Waals surface area (Å²) >= 11 is 0. The zero-order chi connectivity index (χ0) is 34.9. The van der Waals surface area contributed by atoms with E-state index in [2.05, 4.69) is 29.3 Å². The lowest BCUT2D eigenvalue weighted by molar-refractivity contribution is 0.579. The van der Waals surface area contributed by atoms with Gasteiger partial charge in [0.1, 0.15) is 23.9 Å². The maximum atomic E-state index is 15.5. The highest BCUT2D eigenvalue weighted by molar-refractivity contribution is 6.31. The van der Waals surface area contributed by atoms with Crippen LogP contribution in [0.5, 0.6) is 0 Å². The molecule has 12 nitrogen and oxygen atoms in total. The molecule has 0 unspecified atom stereocenters.